The van der Waals surface area contributed by atoms with Gasteiger partial charge in [-0.1, -0.05) is 60.7 Å². The van der Waals surface area contributed by atoms with Crippen molar-refractivity contribution in [1.29, 1.82) is 0 Å². The van der Waals surface area contributed by atoms with Gasteiger partial charge >= 0.3 is 0 Å². The molecule has 0 aliphatic carbocycles. The number of nitrogens with zero attached hydrogens (tertiary/aromatic N) is 2. The van der Waals surface area contributed by atoms with E-state index in [0.29, 0.717) is 0 Å². The number of hydrogen-bond donors (Lipinski definition) is 0. The zero-order chi connectivity index (χ0) is 18.9. The molecule has 148 valence electrons. The fourth-order valence-corrected chi connectivity index (χ4v) is 4.36. The van der Waals surface area contributed by atoms with Gasteiger partial charge in [0.05, 0.1) is 5.69 Å². The Balaban J connectivity index is 0.00000205. The van der Waals surface area contributed by atoms with E-state index in [4.69, 9.17) is 0 Å². The zero-order valence-corrected chi connectivity index (χ0v) is 17.0. The Morgan fingerprint density at radius 3 is 1.86 bits per heavy atom. The summed E-state index contributed by atoms with van der Waals surface area (Å²) in [5.74, 6) is -0.129. The first-order valence-electron chi connectivity index (χ1n) is 9.91. The molecule has 0 radical (unpaired) electrons. The molecule has 5 rings (SSSR count). The first-order valence-corrected chi connectivity index (χ1v) is 9.91. The van der Waals surface area contributed by atoms with Gasteiger partial charge in [-0.25, -0.2) is 4.39 Å². The number of hydrogen-bond acceptors (Lipinski definition) is 2. The maximum absolute atomic E-state index is 14.1. The van der Waals surface area contributed by atoms with Gasteiger partial charge in [0.15, 0.2) is 0 Å². The molecule has 2 nitrogen and oxygen atoms in total. The molecule has 0 saturated carbocycles. The molecule has 4 heteroatoms. The lowest BCUT2D eigenvalue weighted by molar-refractivity contribution is 0.251. The van der Waals surface area contributed by atoms with Gasteiger partial charge in [-0.05, 0) is 45.3 Å². The van der Waals surface area contributed by atoms with Crippen LogP contribution in [0.4, 0.5) is 10.1 Å². The molecule has 0 aromatic heterocycles. The summed E-state index contributed by atoms with van der Waals surface area (Å²) in [6.07, 6.45) is 0. The second kappa shape index (κ2) is 8.40. The van der Waals surface area contributed by atoms with Crippen LogP contribution >= 0.6 is 12.4 Å². The highest BCUT2D eigenvalue weighted by Gasteiger charge is 2.20. The van der Waals surface area contributed by atoms with Gasteiger partial charge in [-0.3, -0.25) is 4.90 Å². The molecule has 1 heterocycles. The van der Waals surface area contributed by atoms with E-state index < -0.39 is 0 Å². The molecule has 0 bridgehead atoms. The Labute approximate surface area is 177 Å². The molecular weight excluding hydrogens is 383 g/mol. The Morgan fingerprint density at radius 1 is 0.690 bits per heavy atom. The van der Waals surface area contributed by atoms with E-state index in [-0.39, 0.29) is 18.2 Å². The number of anilines is 1. The molecule has 0 N–H and O–H groups in total. The molecular formula is C25H24ClFN2. The highest BCUT2D eigenvalue weighted by atomic mass is 35.5. The SMILES string of the molecule is Cl.Fc1ccccc1N1CCN(Cc2c3ccccc3cc3ccccc23)CC1. The largest absolute Gasteiger partial charge is 0.367 e. The smallest absolute Gasteiger partial charge is 0.146 e. The third-order valence-electron chi connectivity index (χ3n) is 5.83. The summed E-state index contributed by atoms with van der Waals surface area (Å²) in [5, 5.41) is 5.25. The minimum absolute atomic E-state index is 0. The van der Waals surface area contributed by atoms with Gasteiger partial charge in [0.1, 0.15) is 5.82 Å². The van der Waals surface area contributed by atoms with E-state index in [9.17, 15) is 4.39 Å². The van der Waals surface area contributed by atoms with E-state index in [1.54, 1.807) is 12.1 Å². The molecule has 1 aliphatic heterocycles. The van der Waals surface area contributed by atoms with Crippen LogP contribution in [0.1, 0.15) is 5.56 Å². The lowest BCUT2D eigenvalue weighted by Crippen LogP contribution is -2.46. The Kier molecular flexibility index (Phi) is 5.70. The molecule has 0 atom stereocenters. The summed E-state index contributed by atoms with van der Waals surface area (Å²) in [7, 11) is 0. The maximum atomic E-state index is 14.1. The molecule has 0 spiro atoms. The van der Waals surface area contributed by atoms with E-state index >= 15 is 0 Å². The minimum atomic E-state index is -0.129. The van der Waals surface area contributed by atoms with Crippen LogP contribution in [0.3, 0.4) is 0 Å². The third kappa shape index (κ3) is 3.81. The summed E-state index contributed by atoms with van der Waals surface area (Å²) in [6, 6.07) is 26.7. The molecule has 29 heavy (non-hydrogen) atoms. The van der Waals surface area contributed by atoms with Crippen molar-refractivity contribution in [2.24, 2.45) is 0 Å². The quantitative estimate of drug-likeness (QED) is 0.392. The lowest BCUT2D eigenvalue weighted by Gasteiger charge is -2.36. The van der Waals surface area contributed by atoms with Gasteiger partial charge in [0.25, 0.3) is 0 Å². The van der Waals surface area contributed by atoms with Crippen molar-refractivity contribution in [3.63, 3.8) is 0 Å². The highest BCUT2D eigenvalue weighted by Crippen LogP contribution is 2.30. The topological polar surface area (TPSA) is 6.48 Å². The summed E-state index contributed by atoms with van der Waals surface area (Å²) in [4.78, 5) is 4.65. The minimum Gasteiger partial charge on any atom is -0.367 e. The normalized spacial score (nSPS) is 14.9. The average molecular weight is 407 g/mol. The van der Waals surface area contributed by atoms with Crippen LogP contribution in [0.5, 0.6) is 0 Å². The van der Waals surface area contributed by atoms with E-state index in [1.165, 1.54) is 27.1 Å². The van der Waals surface area contributed by atoms with Gasteiger partial charge < -0.3 is 4.90 Å². The molecule has 1 fully saturated rings. The van der Waals surface area contributed by atoms with Crippen LogP contribution in [0.15, 0.2) is 78.9 Å². The van der Waals surface area contributed by atoms with Gasteiger partial charge in [-0.15, -0.1) is 12.4 Å². The maximum Gasteiger partial charge on any atom is 0.146 e. The third-order valence-corrected chi connectivity index (χ3v) is 5.83. The van der Waals surface area contributed by atoms with Crippen LogP contribution in [0.25, 0.3) is 21.5 Å². The van der Waals surface area contributed by atoms with Crippen molar-refractivity contribution in [1.82, 2.24) is 4.90 Å². The first kappa shape index (κ1) is 19.7. The average Bonchev–Trinajstić information content (AvgIpc) is 2.74. The van der Waals surface area contributed by atoms with Crippen LogP contribution in [0.2, 0.25) is 0 Å². The number of para-hydroxylation sites is 1. The molecule has 0 amide bonds. The standard InChI is InChI=1S/C25H23FN2.ClH/c26-24-11-5-6-12-25(24)28-15-13-27(14-16-28)18-23-21-9-3-1-7-19(21)17-20-8-2-4-10-22(20)23;/h1-12,17H,13-16,18H2;1H. The summed E-state index contributed by atoms with van der Waals surface area (Å²) < 4.78 is 14.1. The number of rotatable bonds is 3. The Hall–Kier alpha value is -2.62. The van der Waals surface area contributed by atoms with Crippen molar-refractivity contribution >= 4 is 39.6 Å². The van der Waals surface area contributed by atoms with Crippen LogP contribution < -0.4 is 4.90 Å². The highest BCUT2D eigenvalue weighted by molar-refractivity contribution is 6.02. The van der Waals surface area contributed by atoms with Crippen molar-refractivity contribution in [3.8, 4) is 0 Å². The monoisotopic (exact) mass is 406 g/mol. The Bertz CT molecular complexity index is 1080. The van der Waals surface area contributed by atoms with Gasteiger partial charge in [0, 0.05) is 32.7 Å². The van der Waals surface area contributed by atoms with Crippen LogP contribution in [-0.4, -0.2) is 31.1 Å². The van der Waals surface area contributed by atoms with E-state index in [0.717, 1.165) is 38.4 Å². The predicted molar refractivity (Wildman–Crippen MR) is 123 cm³/mol. The zero-order valence-electron chi connectivity index (χ0n) is 16.2. The fraction of sp³-hybridized carbons (Fsp3) is 0.200. The molecule has 4 aromatic rings. The van der Waals surface area contributed by atoms with Crippen LogP contribution in [-0.2, 0) is 6.54 Å². The number of fused-ring (bicyclic) bond motifs is 2. The van der Waals surface area contributed by atoms with E-state index in [2.05, 4.69) is 64.4 Å². The predicted octanol–water partition coefficient (Wildman–Crippen LogP) is 5.88. The van der Waals surface area contributed by atoms with Crippen LogP contribution in [0, 0.1) is 5.82 Å². The van der Waals surface area contributed by atoms with Gasteiger partial charge in [0.2, 0.25) is 0 Å². The molecule has 0 unspecified atom stereocenters. The van der Waals surface area contributed by atoms with Crippen molar-refractivity contribution in [2.45, 2.75) is 6.54 Å². The Morgan fingerprint density at radius 2 is 1.24 bits per heavy atom. The molecule has 4 aromatic carbocycles. The number of halogens is 2. The van der Waals surface area contributed by atoms with Gasteiger partial charge in [-0.2, -0.15) is 0 Å². The summed E-state index contributed by atoms with van der Waals surface area (Å²) in [5.41, 5.74) is 2.12. The second-order valence-electron chi connectivity index (χ2n) is 7.51. The number of benzene rings is 4. The molecule has 1 aliphatic rings. The molecule has 1 saturated heterocycles. The summed E-state index contributed by atoms with van der Waals surface area (Å²) >= 11 is 0. The summed E-state index contributed by atoms with van der Waals surface area (Å²) in [6.45, 7) is 4.50. The second-order valence-corrected chi connectivity index (χ2v) is 7.51. The van der Waals surface area contributed by atoms with Crippen molar-refractivity contribution < 1.29 is 4.39 Å². The number of piperazine rings is 1. The van der Waals surface area contributed by atoms with Crippen molar-refractivity contribution in [3.05, 3.63) is 90.2 Å². The lowest BCUT2D eigenvalue weighted by atomic mass is 9.96. The first-order chi connectivity index (χ1) is 13.8. The fourth-order valence-electron chi connectivity index (χ4n) is 4.36. The van der Waals surface area contributed by atoms with E-state index in [1.807, 2.05) is 12.1 Å². The van der Waals surface area contributed by atoms with Crippen molar-refractivity contribution in [2.75, 3.05) is 31.1 Å².